The number of rotatable bonds is 6. The first-order valence-electron chi connectivity index (χ1n) is 5.95. The van der Waals surface area contributed by atoms with Crippen LogP contribution in [0.1, 0.15) is 26.3 Å². The van der Waals surface area contributed by atoms with Crippen LogP contribution in [0.4, 0.5) is 0 Å². The summed E-state index contributed by atoms with van der Waals surface area (Å²) in [5, 5.41) is 7.56. The predicted octanol–water partition coefficient (Wildman–Crippen LogP) is 0.900. The van der Waals surface area contributed by atoms with Crippen LogP contribution < -0.4 is 5.32 Å². The fourth-order valence-electron chi connectivity index (χ4n) is 1.55. The number of carbonyl (C=O) groups is 1. The van der Waals surface area contributed by atoms with Crippen molar-refractivity contribution in [1.29, 1.82) is 0 Å². The molecule has 96 valence electrons. The van der Waals surface area contributed by atoms with E-state index in [9.17, 15) is 4.79 Å². The third-order valence-corrected chi connectivity index (χ3v) is 2.97. The summed E-state index contributed by atoms with van der Waals surface area (Å²) in [5.41, 5.74) is 0. The van der Waals surface area contributed by atoms with Gasteiger partial charge in [0.25, 0.3) is 0 Å². The molecular weight excluding hydrogens is 216 g/mol. The van der Waals surface area contributed by atoms with Crippen molar-refractivity contribution in [3.05, 3.63) is 18.5 Å². The number of nitrogens with zero attached hydrogens (tertiary/aromatic N) is 3. The molecule has 0 saturated carbocycles. The van der Waals surface area contributed by atoms with Gasteiger partial charge in [0.05, 0.1) is 6.04 Å². The van der Waals surface area contributed by atoms with E-state index in [2.05, 4.69) is 24.3 Å². The minimum atomic E-state index is 0.149. The second-order valence-electron chi connectivity index (χ2n) is 4.51. The second-order valence-corrected chi connectivity index (χ2v) is 4.51. The molecule has 5 nitrogen and oxygen atoms in total. The van der Waals surface area contributed by atoms with Crippen molar-refractivity contribution in [2.45, 2.75) is 32.4 Å². The Morgan fingerprint density at radius 1 is 1.47 bits per heavy atom. The Hall–Kier alpha value is -1.36. The van der Waals surface area contributed by atoms with E-state index in [0.717, 1.165) is 0 Å². The van der Waals surface area contributed by atoms with E-state index in [0.29, 0.717) is 13.0 Å². The van der Waals surface area contributed by atoms with Gasteiger partial charge in [-0.3, -0.25) is 9.48 Å². The van der Waals surface area contributed by atoms with Crippen molar-refractivity contribution in [3.63, 3.8) is 0 Å². The Labute approximate surface area is 103 Å². The van der Waals surface area contributed by atoms with Gasteiger partial charge in [-0.25, -0.2) is 0 Å². The van der Waals surface area contributed by atoms with Crippen LogP contribution in [0.5, 0.6) is 0 Å². The van der Waals surface area contributed by atoms with E-state index in [1.54, 1.807) is 25.2 Å². The lowest BCUT2D eigenvalue weighted by Gasteiger charge is -2.22. The maximum absolute atomic E-state index is 11.4. The van der Waals surface area contributed by atoms with Crippen LogP contribution in [0.25, 0.3) is 0 Å². The molecule has 0 aliphatic rings. The average molecular weight is 238 g/mol. The Morgan fingerprint density at radius 3 is 2.71 bits per heavy atom. The zero-order chi connectivity index (χ0) is 12.8. The molecule has 0 bridgehead atoms. The minimum Gasteiger partial charge on any atom is -0.349 e. The molecule has 1 N–H and O–H groups in total. The first-order valence-corrected chi connectivity index (χ1v) is 5.95. The monoisotopic (exact) mass is 238 g/mol. The smallest absolute Gasteiger partial charge is 0.223 e. The molecule has 1 aromatic heterocycles. The number of hydrogen-bond acceptors (Lipinski definition) is 3. The summed E-state index contributed by atoms with van der Waals surface area (Å²) in [6.45, 7) is 4.91. The molecule has 17 heavy (non-hydrogen) atoms. The van der Waals surface area contributed by atoms with Gasteiger partial charge in [-0.2, -0.15) is 5.10 Å². The largest absolute Gasteiger partial charge is 0.349 e. The molecule has 0 unspecified atom stereocenters. The van der Waals surface area contributed by atoms with Gasteiger partial charge in [-0.15, -0.1) is 0 Å². The second kappa shape index (κ2) is 6.39. The highest BCUT2D eigenvalue weighted by molar-refractivity contribution is 5.75. The van der Waals surface area contributed by atoms with Gasteiger partial charge in [0, 0.05) is 45.5 Å². The number of carbonyl (C=O) groups excluding carboxylic acids is 1. The lowest BCUT2D eigenvalue weighted by molar-refractivity contribution is -0.128. The van der Waals surface area contributed by atoms with E-state index in [-0.39, 0.29) is 18.0 Å². The van der Waals surface area contributed by atoms with E-state index in [1.165, 1.54) is 0 Å². The van der Waals surface area contributed by atoms with Gasteiger partial charge in [-0.05, 0) is 19.9 Å². The Kier molecular flexibility index (Phi) is 5.15. The number of hydrogen-bond donors (Lipinski definition) is 1. The molecule has 2 atom stereocenters. The summed E-state index contributed by atoms with van der Waals surface area (Å²) in [7, 11) is 3.55. The fourth-order valence-corrected chi connectivity index (χ4v) is 1.55. The Morgan fingerprint density at radius 2 is 2.18 bits per heavy atom. The Balaban J connectivity index is 2.30. The summed E-state index contributed by atoms with van der Waals surface area (Å²) in [6, 6.07) is 2.48. The maximum Gasteiger partial charge on any atom is 0.223 e. The van der Waals surface area contributed by atoms with Gasteiger partial charge < -0.3 is 10.2 Å². The lowest BCUT2D eigenvalue weighted by atomic mass is 10.1. The van der Waals surface area contributed by atoms with Crippen molar-refractivity contribution in [2.75, 3.05) is 20.6 Å². The highest BCUT2D eigenvalue weighted by Crippen LogP contribution is 2.08. The summed E-state index contributed by atoms with van der Waals surface area (Å²) in [6.07, 6.45) is 4.26. The average Bonchev–Trinajstić information content (AvgIpc) is 2.80. The quantitative estimate of drug-likeness (QED) is 0.801. The molecule has 0 spiro atoms. The highest BCUT2D eigenvalue weighted by atomic mass is 16.2. The molecule has 0 aromatic carbocycles. The van der Waals surface area contributed by atoms with E-state index >= 15 is 0 Å². The normalized spacial score (nSPS) is 14.4. The molecule has 1 aromatic rings. The van der Waals surface area contributed by atoms with Crippen LogP contribution in [0, 0.1) is 0 Å². The zero-order valence-electron chi connectivity index (χ0n) is 11.1. The number of aromatic nitrogens is 2. The van der Waals surface area contributed by atoms with Crippen LogP contribution in [0.3, 0.4) is 0 Å². The van der Waals surface area contributed by atoms with Gasteiger partial charge >= 0.3 is 0 Å². The molecular formula is C12H22N4O. The number of nitrogens with one attached hydrogen (secondary N) is 1. The fraction of sp³-hybridized carbons (Fsp3) is 0.667. The van der Waals surface area contributed by atoms with E-state index in [1.807, 2.05) is 16.9 Å². The van der Waals surface area contributed by atoms with Crippen molar-refractivity contribution in [3.8, 4) is 0 Å². The summed E-state index contributed by atoms with van der Waals surface area (Å²) < 4.78 is 1.92. The maximum atomic E-state index is 11.4. The SMILES string of the molecule is C[C@H]([C@@H](C)NCCC(=O)N(C)C)n1cccn1. The molecule has 0 fully saturated rings. The van der Waals surface area contributed by atoms with Gasteiger partial charge in [0.1, 0.15) is 0 Å². The van der Waals surface area contributed by atoms with Crippen molar-refractivity contribution in [1.82, 2.24) is 20.0 Å². The predicted molar refractivity (Wildman–Crippen MR) is 67.7 cm³/mol. The summed E-state index contributed by atoms with van der Waals surface area (Å²) in [5.74, 6) is 0.149. The zero-order valence-corrected chi connectivity index (χ0v) is 11.1. The molecule has 1 heterocycles. The van der Waals surface area contributed by atoms with Crippen LogP contribution >= 0.6 is 0 Å². The van der Waals surface area contributed by atoms with Crippen molar-refractivity contribution >= 4 is 5.91 Å². The third kappa shape index (κ3) is 4.19. The van der Waals surface area contributed by atoms with Crippen LogP contribution in [0.2, 0.25) is 0 Å². The van der Waals surface area contributed by atoms with Crippen molar-refractivity contribution in [2.24, 2.45) is 0 Å². The molecule has 1 amide bonds. The summed E-state index contributed by atoms with van der Waals surface area (Å²) in [4.78, 5) is 13.0. The molecule has 0 aliphatic heterocycles. The summed E-state index contributed by atoms with van der Waals surface area (Å²) >= 11 is 0. The van der Waals surface area contributed by atoms with Gasteiger partial charge in [-0.1, -0.05) is 0 Å². The first kappa shape index (κ1) is 13.7. The van der Waals surface area contributed by atoms with Crippen LogP contribution in [0.15, 0.2) is 18.5 Å². The first-order chi connectivity index (χ1) is 8.02. The third-order valence-electron chi connectivity index (χ3n) is 2.97. The molecule has 0 radical (unpaired) electrons. The van der Waals surface area contributed by atoms with Crippen molar-refractivity contribution < 1.29 is 4.79 Å². The standard InChI is InChI=1S/C12H22N4O/c1-10(11(2)16-9-5-7-14-16)13-8-6-12(17)15(3)4/h5,7,9-11,13H,6,8H2,1-4H3/t10-,11-/m1/s1. The lowest BCUT2D eigenvalue weighted by Crippen LogP contribution is -2.36. The molecule has 5 heteroatoms. The van der Waals surface area contributed by atoms with Gasteiger partial charge in [0.2, 0.25) is 5.91 Å². The molecule has 1 rings (SSSR count). The molecule has 0 saturated heterocycles. The van der Waals surface area contributed by atoms with E-state index < -0.39 is 0 Å². The van der Waals surface area contributed by atoms with E-state index in [4.69, 9.17) is 0 Å². The van der Waals surface area contributed by atoms with Crippen LogP contribution in [-0.2, 0) is 4.79 Å². The van der Waals surface area contributed by atoms with Crippen LogP contribution in [-0.4, -0.2) is 47.3 Å². The highest BCUT2D eigenvalue weighted by Gasteiger charge is 2.13. The molecule has 0 aliphatic carbocycles. The Bertz CT molecular complexity index is 334. The minimum absolute atomic E-state index is 0.149. The van der Waals surface area contributed by atoms with Gasteiger partial charge in [0.15, 0.2) is 0 Å². The number of amides is 1. The topological polar surface area (TPSA) is 50.2 Å².